The number of benzene rings is 1. The van der Waals surface area contributed by atoms with Gasteiger partial charge in [-0.1, -0.05) is 37.1 Å². The van der Waals surface area contributed by atoms with Crippen LogP contribution in [0.25, 0.3) is 17.0 Å². The Morgan fingerprint density at radius 1 is 1.30 bits per heavy atom. The number of para-hydroxylation sites is 1. The van der Waals surface area contributed by atoms with Gasteiger partial charge in [-0.15, -0.1) is 0 Å². The van der Waals surface area contributed by atoms with Crippen LogP contribution in [0.5, 0.6) is 0 Å². The van der Waals surface area contributed by atoms with Gasteiger partial charge in [0.1, 0.15) is 0 Å². The van der Waals surface area contributed by atoms with E-state index in [4.69, 9.17) is 0 Å². The number of nitrogens with zero attached hydrogens (tertiary/aromatic N) is 2. The van der Waals surface area contributed by atoms with Crippen molar-refractivity contribution in [2.45, 2.75) is 31.3 Å². The fourth-order valence-corrected chi connectivity index (χ4v) is 3.26. The Morgan fingerprint density at radius 3 is 2.83 bits per heavy atom. The molecule has 1 N–H and O–H groups in total. The number of hydrogen-bond acceptors (Lipinski definition) is 3. The molecule has 23 heavy (non-hydrogen) atoms. The Kier molecular flexibility index (Phi) is 4.44. The number of hydrogen-bond donors (Lipinski definition) is 1. The van der Waals surface area contributed by atoms with Crippen molar-refractivity contribution in [1.29, 1.82) is 0 Å². The second-order valence-electron chi connectivity index (χ2n) is 6.38. The van der Waals surface area contributed by atoms with Crippen LogP contribution in [0, 0.1) is 0 Å². The van der Waals surface area contributed by atoms with Crippen LogP contribution in [0.2, 0.25) is 0 Å². The number of carbonyl (C=O) groups is 1. The van der Waals surface area contributed by atoms with E-state index in [-0.39, 0.29) is 5.91 Å². The Bertz CT molecular complexity index is 728. The van der Waals surface area contributed by atoms with Crippen molar-refractivity contribution in [2.75, 3.05) is 13.6 Å². The van der Waals surface area contributed by atoms with Gasteiger partial charge in [0.2, 0.25) is 5.91 Å². The third kappa shape index (κ3) is 3.59. The summed E-state index contributed by atoms with van der Waals surface area (Å²) in [6.07, 6.45) is 8.74. The summed E-state index contributed by atoms with van der Waals surface area (Å²) in [4.78, 5) is 18.3. The zero-order chi connectivity index (χ0) is 16.3. The molecule has 1 aliphatic rings. The first-order valence-corrected chi connectivity index (χ1v) is 8.07. The number of aliphatic hydroxyl groups is 1. The molecular weight excluding hydrogens is 288 g/mol. The van der Waals surface area contributed by atoms with Crippen molar-refractivity contribution in [1.82, 2.24) is 9.88 Å². The first-order chi connectivity index (χ1) is 11.1. The highest BCUT2D eigenvalue weighted by atomic mass is 16.3. The molecule has 2 aromatic rings. The van der Waals surface area contributed by atoms with Crippen LogP contribution in [0.4, 0.5) is 0 Å². The zero-order valence-corrected chi connectivity index (χ0v) is 13.4. The van der Waals surface area contributed by atoms with Gasteiger partial charge in [0, 0.05) is 36.8 Å². The van der Waals surface area contributed by atoms with Gasteiger partial charge in [0.05, 0.1) is 11.1 Å². The van der Waals surface area contributed by atoms with Crippen LogP contribution in [-0.4, -0.2) is 40.1 Å². The molecule has 1 aromatic carbocycles. The summed E-state index contributed by atoms with van der Waals surface area (Å²) in [5, 5.41) is 11.5. The standard InChI is InChI=1S/C19H22N2O2/c1-21(14-19(23)11-2-3-12-19)17(22)10-9-16-7-4-6-15-8-5-13-20-18(15)16/h4-10,13,23H,2-3,11-12,14H2,1H3/b10-9+. The summed E-state index contributed by atoms with van der Waals surface area (Å²) in [7, 11) is 1.74. The third-order valence-corrected chi connectivity index (χ3v) is 4.51. The summed E-state index contributed by atoms with van der Waals surface area (Å²) in [5.41, 5.74) is 1.10. The smallest absolute Gasteiger partial charge is 0.246 e. The van der Waals surface area contributed by atoms with Gasteiger partial charge in [-0.25, -0.2) is 0 Å². The third-order valence-electron chi connectivity index (χ3n) is 4.51. The van der Waals surface area contributed by atoms with Crippen molar-refractivity contribution < 1.29 is 9.90 Å². The lowest BCUT2D eigenvalue weighted by molar-refractivity contribution is -0.127. The molecule has 1 saturated carbocycles. The van der Waals surface area contributed by atoms with E-state index in [1.165, 1.54) is 0 Å². The average Bonchev–Trinajstić information content (AvgIpc) is 2.98. The summed E-state index contributed by atoms with van der Waals surface area (Å²) < 4.78 is 0. The Balaban J connectivity index is 1.72. The first-order valence-electron chi connectivity index (χ1n) is 8.07. The zero-order valence-electron chi connectivity index (χ0n) is 13.4. The van der Waals surface area contributed by atoms with Gasteiger partial charge in [0.25, 0.3) is 0 Å². The second-order valence-corrected chi connectivity index (χ2v) is 6.38. The van der Waals surface area contributed by atoms with Gasteiger partial charge in [-0.3, -0.25) is 9.78 Å². The predicted octanol–water partition coefficient (Wildman–Crippen LogP) is 3.01. The van der Waals surface area contributed by atoms with E-state index in [0.29, 0.717) is 6.54 Å². The minimum absolute atomic E-state index is 0.0988. The number of likely N-dealkylation sites (N-methyl/N-ethyl adjacent to an activating group) is 1. The molecule has 1 fully saturated rings. The Labute approximate surface area is 136 Å². The minimum atomic E-state index is -0.709. The van der Waals surface area contributed by atoms with Crippen LogP contribution in [-0.2, 0) is 4.79 Å². The SMILES string of the molecule is CN(CC1(O)CCCC1)C(=O)/C=C/c1cccc2cccnc12. The number of carbonyl (C=O) groups excluding carboxylic acids is 1. The normalized spacial score (nSPS) is 17.0. The fourth-order valence-electron chi connectivity index (χ4n) is 3.26. The van der Waals surface area contributed by atoms with E-state index >= 15 is 0 Å². The molecule has 0 aliphatic heterocycles. The molecule has 4 nitrogen and oxygen atoms in total. The highest BCUT2D eigenvalue weighted by Gasteiger charge is 2.32. The fraction of sp³-hybridized carbons (Fsp3) is 0.368. The number of rotatable bonds is 4. The maximum absolute atomic E-state index is 12.3. The van der Waals surface area contributed by atoms with Crippen molar-refractivity contribution in [3.63, 3.8) is 0 Å². The van der Waals surface area contributed by atoms with Gasteiger partial charge in [0.15, 0.2) is 0 Å². The maximum atomic E-state index is 12.3. The van der Waals surface area contributed by atoms with E-state index in [2.05, 4.69) is 4.98 Å². The molecule has 4 heteroatoms. The Morgan fingerprint density at radius 2 is 2.04 bits per heavy atom. The molecule has 0 saturated heterocycles. The lowest BCUT2D eigenvalue weighted by atomic mass is 10.0. The van der Waals surface area contributed by atoms with Crippen LogP contribution in [0.15, 0.2) is 42.6 Å². The van der Waals surface area contributed by atoms with Crippen molar-refractivity contribution in [3.8, 4) is 0 Å². The van der Waals surface area contributed by atoms with E-state index in [9.17, 15) is 9.90 Å². The predicted molar refractivity (Wildman–Crippen MR) is 91.8 cm³/mol. The first kappa shape index (κ1) is 15.7. The molecule has 120 valence electrons. The second kappa shape index (κ2) is 6.50. The van der Waals surface area contributed by atoms with Gasteiger partial charge >= 0.3 is 0 Å². The van der Waals surface area contributed by atoms with Gasteiger partial charge < -0.3 is 10.0 Å². The summed E-state index contributed by atoms with van der Waals surface area (Å²) in [5.74, 6) is -0.0988. The van der Waals surface area contributed by atoms with Crippen LogP contribution >= 0.6 is 0 Å². The van der Waals surface area contributed by atoms with Crippen LogP contribution in [0.3, 0.4) is 0 Å². The molecule has 0 spiro atoms. The molecule has 0 atom stereocenters. The number of amides is 1. The molecule has 0 bridgehead atoms. The van der Waals surface area contributed by atoms with Crippen LogP contribution in [0.1, 0.15) is 31.2 Å². The quantitative estimate of drug-likeness (QED) is 0.883. The monoisotopic (exact) mass is 310 g/mol. The lowest BCUT2D eigenvalue weighted by Crippen LogP contribution is -2.41. The number of pyridine rings is 1. The molecule has 1 aromatic heterocycles. The molecule has 3 rings (SSSR count). The molecule has 0 radical (unpaired) electrons. The molecule has 1 aliphatic carbocycles. The lowest BCUT2D eigenvalue weighted by Gasteiger charge is -2.27. The van der Waals surface area contributed by atoms with E-state index in [1.54, 1.807) is 30.3 Å². The highest BCUT2D eigenvalue weighted by Crippen LogP contribution is 2.30. The van der Waals surface area contributed by atoms with Crippen molar-refractivity contribution in [2.24, 2.45) is 0 Å². The molecule has 1 amide bonds. The maximum Gasteiger partial charge on any atom is 0.246 e. The Hall–Kier alpha value is -2.20. The molecular formula is C19H22N2O2. The average molecular weight is 310 g/mol. The summed E-state index contributed by atoms with van der Waals surface area (Å²) in [6, 6.07) is 9.81. The minimum Gasteiger partial charge on any atom is -0.388 e. The molecule has 1 heterocycles. The largest absolute Gasteiger partial charge is 0.388 e. The molecule has 0 unspecified atom stereocenters. The number of aromatic nitrogens is 1. The van der Waals surface area contributed by atoms with Crippen LogP contribution < -0.4 is 0 Å². The van der Waals surface area contributed by atoms with Gasteiger partial charge in [-0.05, 0) is 25.0 Å². The summed E-state index contributed by atoms with van der Waals surface area (Å²) >= 11 is 0. The topological polar surface area (TPSA) is 53.4 Å². The van der Waals surface area contributed by atoms with Gasteiger partial charge in [-0.2, -0.15) is 0 Å². The highest BCUT2D eigenvalue weighted by molar-refractivity contribution is 5.95. The van der Waals surface area contributed by atoms with E-state index < -0.39 is 5.60 Å². The van der Waals surface area contributed by atoms with Crippen molar-refractivity contribution in [3.05, 3.63) is 48.2 Å². The van der Waals surface area contributed by atoms with E-state index in [0.717, 1.165) is 42.1 Å². The van der Waals surface area contributed by atoms with Crippen molar-refractivity contribution >= 4 is 22.9 Å². The number of fused-ring (bicyclic) bond motifs is 1. The summed E-state index contributed by atoms with van der Waals surface area (Å²) in [6.45, 7) is 0.393. The van der Waals surface area contributed by atoms with E-state index in [1.807, 2.05) is 30.3 Å².